The van der Waals surface area contributed by atoms with Gasteiger partial charge in [0, 0.05) is 11.1 Å². The maximum Gasteiger partial charge on any atom is 0.416 e. The molecule has 0 atom stereocenters. The summed E-state index contributed by atoms with van der Waals surface area (Å²) in [5.74, 6) is 0. The molecule has 0 unspecified atom stereocenters. The molecule has 2 rings (SSSR count). The van der Waals surface area contributed by atoms with E-state index in [1.165, 1.54) is 17.4 Å². The van der Waals surface area contributed by atoms with Gasteiger partial charge in [-0.05, 0) is 25.1 Å². The fraction of sp³-hybridized carbons (Fsp3) is 0.250. The molecule has 0 aliphatic rings. The second-order valence-corrected chi connectivity index (χ2v) is 5.28. The number of benzene rings is 1. The van der Waals surface area contributed by atoms with E-state index in [1.807, 2.05) is 12.3 Å². The highest BCUT2D eigenvalue weighted by molar-refractivity contribution is 7.09. The number of aryl methyl sites for hydroxylation is 1. The van der Waals surface area contributed by atoms with Crippen molar-refractivity contribution in [1.82, 2.24) is 4.98 Å². The van der Waals surface area contributed by atoms with Crippen molar-refractivity contribution >= 4 is 28.6 Å². The summed E-state index contributed by atoms with van der Waals surface area (Å²) in [7, 11) is 0. The Morgan fingerprint density at radius 2 is 2.11 bits per heavy atom. The van der Waals surface area contributed by atoms with Crippen molar-refractivity contribution in [3.05, 3.63) is 44.9 Å². The lowest BCUT2D eigenvalue weighted by Gasteiger charge is -2.11. The van der Waals surface area contributed by atoms with E-state index >= 15 is 0 Å². The predicted octanol–water partition coefficient (Wildman–Crippen LogP) is 4.74. The number of anilines is 1. The Morgan fingerprint density at radius 3 is 2.68 bits per heavy atom. The first-order chi connectivity index (χ1) is 8.86. The smallest absolute Gasteiger partial charge is 0.377 e. The Hall–Kier alpha value is -1.27. The molecule has 0 saturated heterocycles. The van der Waals surface area contributed by atoms with Crippen LogP contribution in [0.5, 0.6) is 0 Å². The quantitative estimate of drug-likeness (QED) is 0.886. The third kappa shape index (κ3) is 3.61. The number of halogens is 4. The van der Waals surface area contributed by atoms with Crippen LogP contribution >= 0.6 is 22.9 Å². The average Bonchev–Trinajstić information content (AvgIpc) is 2.72. The summed E-state index contributed by atoms with van der Waals surface area (Å²) in [4.78, 5) is 4.22. The Morgan fingerprint density at radius 1 is 1.37 bits per heavy atom. The fourth-order valence-electron chi connectivity index (χ4n) is 1.49. The summed E-state index contributed by atoms with van der Waals surface area (Å²) < 4.78 is 37.8. The van der Waals surface area contributed by atoms with Crippen molar-refractivity contribution in [2.75, 3.05) is 5.32 Å². The molecule has 0 saturated carbocycles. The van der Waals surface area contributed by atoms with Gasteiger partial charge in [0.1, 0.15) is 5.01 Å². The van der Waals surface area contributed by atoms with E-state index in [0.717, 1.165) is 22.8 Å². The van der Waals surface area contributed by atoms with Crippen molar-refractivity contribution in [3.63, 3.8) is 0 Å². The predicted molar refractivity (Wildman–Crippen MR) is 70.6 cm³/mol. The van der Waals surface area contributed by atoms with Gasteiger partial charge in [0.15, 0.2) is 0 Å². The number of alkyl halides is 3. The van der Waals surface area contributed by atoms with Crippen LogP contribution in [0.3, 0.4) is 0 Å². The normalized spacial score (nSPS) is 11.6. The zero-order chi connectivity index (χ0) is 14.0. The van der Waals surface area contributed by atoms with Crippen LogP contribution in [0, 0.1) is 6.92 Å². The van der Waals surface area contributed by atoms with Crippen LogP contribution in [0.25, 0.3) is 0 Å². The molecule has 0 bridgehead atoms. The van der Waals surface area contributed by atoms with Gasteiger partial charge < -0.3 is 5.32 Å². The maximum atomic E-state index is 12.6. The molecule has 1 aromatic heterocycles. The fourth-order valence-corrected chi connectivity index (χ4v) is 2.39. The molecule has 1 heterocycles. The summed E-state index contributed by atoms with van der Waals surface area (Å²) >= 11 is 7.32. The van der Waals surface area contributed by atoms with Crippen LogP contribution < -0.4 is 5.32 Å². The molecule has 7 heteroatoms. The van der Waals surface area contributed by atoms with Crippen LogP contribution in [0.4, 0.5) is 18.9 Å². The first kappa shape index (κ1) is 14.1. The maximum absolute atomic E-state index is 12.6. The van der Waals surface area contributed by atoms with Gasteiger partial charge in [-0.25, -0.2) is 4.98 Å². The van der Waals surface area contributed by atoms with Gasteiger partial charge in [-0.3, -0.25) is 0 Å². The molecule has 0 fully saturated rings. The summed E-state index contributed by atoms with van der Waals surface area (Å²) in [6.45, 7) is 2.21. The van der Waals surface area contributed by atoms with E-state index < -0.39 is 11.7 Å². The van der Waals surface area contributed by atoms with Gasteiger partial charge in [0.2, 0.25) is 0 Å². The van der Waals surface area contributed by atoms with E-state index in [2.05, 4.69) is 10.3 Å². The molecule has 2 nitrogen and oxygen atoms in total. The van der Waals surface area contributed by atoms with Crippen LogP contribution in [-0.2, 0) is 12.7 Å². The average molecular weight is 307 g/mol. The Bertz CT molecular complexity index is 581. The second-order valence-electron chi connectivity index (χ2n) is 3.93. The van der Waals surface area contributed by atoms with E-state index in [1.54, 1.807) is 0 Å². The van der Waals surface area contributed by atoms with Crippen molar-refractivity contribution in [3.8, 4) is 0 Å². The Labute approximate surface area is 117 Å². The SMILES string of the molecule is Cc1csc(CNc2cc(C(F)(F)F)ccc2Cl)n1. The van der Waals surface area contributed by atoms with Crippen molar-refractivity contribution in [1.29, 1.82) is 0 Å². The third-order valence-corrected chi connectivity index (χ3v) is 3.69. The summed E-state index contributed by atoms with van der Waals surface area (Å²) in [5, 5.41) is 5.80. The van der Waals surface area contributed by atoms with Gasteiger partial charge in [0.25, 0.3) is 0 Å². The highest BCUT2D eigenvalue weighted by Gasteiger charge is 2.30. The zero-order valence-electron chi connectivity index (χ0n) is 9.88. The van der Waals surface area contributed by atoms with Crippen molar-refractivity contribution in [2.45, 2.75) is 19.6 Å². The van der Waals surface area contributed by atoms with Gasteiger partial charge in [-0.2, -0.15) is 13.2 Å². The minimum absolute atomic E-state index is 0.251. The molecular formula is C12H10ClF3N2S. The van der Waals surface area contributed by atoms with Crippen molar-refractivity contribution < 1.29 is 13.2 Å². The molecule has 0 amide bonds. The lowest BCUT2D eigenvalue weighted by atomic mass is 10.2. The van der Waals surface area contributed by atoms with Crippen LogP contribution in [-0.4, -0.2) is 4.98 Å². The number of thiazole rings is 1. The summed E-state index contributed by atoms with van der Waals surface area (Å²) in [5.41, 5.74) is 0.413. The van der Waals surface area contributed by atoms with Gasteiger partial charge in [-0.1, -0.05) is 11.6 Å². The van der Waals surface area contributed by atoms with Gasteiger partial charge in [0.05, 0.1) is 22.8 Å². The minimum atomic E-state index is -4.38. The lowest BCUT2D eigenvalue weighted by molar-refractivity contribution is -0.137. The number of rotatable bonds is 3. The minimum Gasteiger partial charge on any atom is -0.377 e. The van der Waals surface area contributed by atoms with Crippen LogP contribution in [0.1, 0.15) is 16.3 Å². The van der Waals surface area contributed by atoms with E-state index in [0.29, 0.717) is 6.54 Å². The standard InChI is InChI=1S/C12H10ClF3N2S/c1-7-6-19-11(18-7)5-17-10-4-8(12(14,15)16)2-3-9(10)13/h2-4,6,17H,5H2,1H3. The molecule has 1 aromatic carbocycles. The highest BCUT2D eigenvalue weighted by atomic mass is 35.5. The number of hydrogen-bond acceptors (Lipinski definition) is 3. The molecule has 0 aliphatic carbocycles. The first-order valence-corrected chi connectivity index (χ1v) is 6.63. The Balaban J connectivity index is 2.15. The van der Waals surface area contributed by atoms with Crippen LogP contribution in [0.2, 0.25) is 5.02 Å². The number of nitrogens with zero attached hydrogens (tertiary/aromatic N) is 1. The molecule has 0 radical (unpaired) electrons. The molecule has 102 valence electrons. The van der Waals surface area contributed by atoms with E-state index in [-0.39, 0.29) is 10.7 Å². The summed E-state index contributed by atoms with van der Waals surface area (Å²) in [6.07, 6.45) is -4.38. The summed E-state index contributed by atoms with van der Waals surface area (Å²) in [6, 6.07) is 3.20. The molecule has 0 aliphatic heterocycles. The van der Waals surface area contributed by atoms with Crippen LogP contribution in [0.15, 0.2) is 23.6 Å². The van der Waals surface area contributed by atoms with Gasteiger partial charge in [-0.15, -0.1) is 11.3 Å². The molecule has 2 aromatic rings. The molecule has 19 heavy (non-hydrogen) atoms. The Kier molecular flexibility index (Phi) is 4.01. The van der Waals surface area contributed by atoms with Crippen molar-refractivity contribution in [2.24, 2.45) is 0 Å². The number of hydrogen-bond donors (Lipinski definition) is 1. The first-order valence-electron chi connectivity index (χ1n) is 5.38. The molecule has 0 spiro atoms. The lowest BCUT2D eigenvalue weighted by Crippen LogP contribution is -2.07. The molecule has 1 N–H and O–H groups in total. The number of aromatic nitrogens is 1. The second kappa shape index (κ2) is 5.38. The topological polar surface area (TPSA) is 24.9 Å². The zero-order valence-corrected chi connectivity index (χ0v) is 11.5. The third-order valence-electron chi connectivity index (χ3n) is 2.39. The molecular weight excluding hydrogens is 297 g/mol. The van der Waals surface area contributed by atoms with Gasteiger partial charge >= 0.3 is 6.18 Å². The highest BCUT2D eigenvalue weighted by Crippen LogP contribution is 2.34. The number of nitrogens with one attached hydrogen (secondary N) is 1. The van der Waals surface area contributed by atoms with E-state index in [4.69, 9.17) is 11.6 Å². The largest absolute Gasteiger partial charge is 0.416 e. The van der Waals surface area contributed by atoms with E-state index in [9.17, 15) is 13.2 Å². The monoisotopic (exact) mass is 306 g/mol.